The van der Waals surface area contributed by atoms with Crippen molar-refractivity contribution in [1.29, 1.82) is 0 Å². The molecule has 0 aliphatic carbocycles. The molecule has 0 aromatic rings. The maximum absolute atomic E-state index is 2.22. The second kappa shape index (κ2) is 3.71. The molecule has 68 valence electrons. The van der Waals surface area contributed by atoms with Gasteiger partial charge in [0.05, 0.1) is 0 Å². The summed E-state index contributed by atoms with van der Waals surface area (Å²) >= 11 is 6.50. The van der Waals surface area contributed by atoms with E-state index in [0.717, 1.165) is 40.4 Å². The molecule has 0 amide bonds. The first-order valence-corrected chi connectivity index (χ1v) is 10.9. The Morgan fingerprint density at radius 3 is 1.50 bits per heavy atom. The van der Waals surface area contributed by atoms with E-state index in [0.29, 0.717) is 0 Å². The van der Waals surface area contributed by atoms with E-state index in [2.05, 4.69) is 23.5 Å². The van der Waals surface area contributed by atoms with Crippen LogP contribution in [-0.4, -0.2) is 51.9 Å². The van der Waals surface area contributed by atoms with Crippen LogP contribution in [0, 0.1) is 0 Å². The van der Waals surface area contributed by atoms with E-state index in [1.54, 1.807) is 10.6 Å². The molecule has 3 saturated heterocycles. The zero-order valence-corrected chi connectivity index (χ0v) is 11.8. The van der Waals surface area contributed by atoms with Crippen molar-refractivity contribution in [3.8, 4) is 0 Å². The second-order valence-electron chi connectivity index (χ2n) is 3.49. The number of thioether (sulfide) groups is 2. The molecule has 0 aromatic carbocycles. The van der Waals surface area contributed by atoms with Crippen molar-refractivity contribution in [2.24, 2.45) is 0 Å². The molecule has 0 aromatic heterocycles. The third-order valence-electron chi connectivity index (χ3n) is 2.50. The van der Waals surface area contributed by atoms with Crippen molar-refractivity contribution in [3.63, 3.8) is 0 Å². The van der Waals surface area contributed by atoms with Gasteiger partial charge in [-0.1, -0.05) is 0 Å². The van der Waals surface area contributed by atoms with Gasteiger partial charge < -0.3 is 0 Å². The molecular weight excluding hydrogens is 318 g/mol. The second-order valence-corrected chi connectivity index (χ2v) is 11.4. The average Bonchev–Trinajstić information content (AvgIpc) is 2.98. The SMILES string of the molecule is C1SC1C1C[Se]C(C2CS2)C[Se]1. The molecule has 3 fully saturated rings. The summed E-state index contributed by atoms with van der Waals surface area (Å²) in [5, 5.41) is 5.57. The zero-order chi connectivity index (χ0) is 7.97. The van der Waals surface area contributed by atoms with Gasteiger partial charge in [-0.15, -0.1) is 0 Å². The normalized spacial score (nSPS) is 52.0. The van der Waals surface area contributed by atoms with Crippen LogP contribution in [0.1, 0.15) is 0 Å². The van der Waals surface area contributed by atoms with Crippen molar-refractivity contribution in [2.45, 2.75) is 30.8 Å². The monoisotopic (exact) mass is 332 g/mol. The van der Waals surface area contributed by atoms with Crippen molar-refractivity contribution in [2.75, 3.05) is 11.5 Å². The summed E-state index contributed by atoms with van der Waals surface area (Å²) in [7, 11) is 0. The fraction of sp³-hybridized carbons (Fsp3) is 1.00. The molecule has 12 heavy (non-hydrogen) atoms. The van der Waals surface area contributed by atoms with E-state index in [1.165, 1.54) is 21.1 Å². The average molecular weight is 330 g/mol. The number of rotatable bonds is 2. The summed E-state index contributed by atoms with van der Waals surface area (Å²) in [4.78, 5) is 2.42. The fourth-order valence-corrected chi connectivity index (χ4v) is 14.0. The van der Waals surface area contributed by atoms with E-state index >= 15 is 0 Å². The van der Waals surface area contributed by atoms with Crippen LogP contribution in [0.25, 0.3) is 0 Å². The van der Waals surface area contributed by atoms with Crippen LogP contribution < -0.4 is 0 Å². The van der Waals surface area contributed by atoms with E-state index in [-0.39, 0.29) is 0 Å². The quantitative estimate of drug-likeness (QED) is 0.562. The number of hydrogen-bond donors (Lipinski definition) is 0. The molecule has 3 aliphatic heterocycles. The van der Waals surface area contributed by atoms with E-state index < -0.39 is 0 Å². The Morgan fingerprint density at radius 2 is 1.25 bits per heavy atom. The first-order valence-electron chi connectivity index (χ1n) is 4.40. The van der Waals surface area contributed by atoms with Gasteiger partial charge in [0.25, 0.3) is 0 Å². The van der Waals surface area contributed by atoms with E-state index in [1.807, 2.05) is 0 Å². The molecule has 0 saturated carbocycles. The molecule has 0 spiro atoms. The topological polar surface area (TPSA) is 0 Å². The summed E-state index contributed by atoms with van der Waals surface area (Å²) in [6.45, 7) is 0. The van der Waals surface area contributed by atoms with Crippen LogP contribution in [0.4, 0.5) is 0 Å². The van der Waals surface area contributed by atoms with Gasteiger partial charge in [0, 0.05) is 0 Å². The molecule has 0 N–H and O–H groups in total. The van der Waals surface area contributed by atoms with Gasteiger partial charge in [0.1, 0.15) is 0 Å². The van der Waals surface area contributed by atoms with Gasteiger partial charge >= 0.3 is 95.7 Å². The fourth-order valence-electron chi connectivity index (χ4n) is 1.50. The molecule has 4 heteroatoms. The molecule has 3 aliphatic rings. The maximum atomic E-state index is 2.22. The predicted octanol–water partition coefficient (Wildman–Crippen LogP) is 2.05. The summed E-state index contributed by atoms with van der Waals surface area (Å²) in [6.07, 6.45) is 0. The molecule has 3 rings (SSSR count). The van der Waals surface area contributed by atoms with Crippen LogP contribution in [-0.2, 0) is 0 Å². The van der Waals surface area contributed by atoms with Gasteiger partial charge in [0.15, 0.2) is 0 Å². The predicted molar refractivity (Wildman–Crippen MR) is 61.1 cm³/mol. The molecule has 4 unspecified atom stereocenters. The van der Waals surface area contributed by atoms with Crippen LogP contribution in [0.5, 0.6) is 0 Å². The minimum atomic E-state index is 1.03. The van der Waals surface area contributed by atoms with Crippen LogP contribution in [0.15, 0.2) is 0 Å². The molecule has 0 radical (unpaired) electrons. The molecular formula is C8H12S2Se2. The van der Waals surface area contributed by atoms with Crippen molar-refractivity contribution >= 4 is 53.4 Å². The Morgan fingerprint density at radius 1 is 0.833 bits per heavy atom. The van der Waals surface area contributed by atoms with Gasteiger partial charge in [-0.3, -0.25) is 0 Å². The summed E-state index contributed by atoms with van der Waals surface area (Å²) in [6, 6.07) is 0. The van der Waals surface area contributed by atoms with Gasteiger partial charge in [-0.2, -0.15) is 0 Å². The van der Waals surface area contributed by atoms with Gasteiger partial charge in [-0.05, 0) is 0 Å². The van der Waals surface area contributed by atoms with Gasteiger partial charge in [0.2, 0.25) is 0 Å². The first-order chi connectivity index (χ1) is 5.93. The third-order valence-corrected chi connectivity index (χ3v) is 13.7. The van der Waals surface area contributed by atoms with Crippen LogP contribution in [0.3, 0.4) is 0 Å². The Balaban J connectivity index is 1.51. The molecule has 0 bridgehead atoms. The van der Waals surface area contributed by atoms with Crippen LogP contribution in [0.2, 0.25) is 20.3 Å². The Bertz CT molecular complexity index is 152. The molecule has 3 heterocycles. The van der Waals surface area contributed by atoms with Crippen molar-refractivity contribution in [3.05, 3.63) is 0 Å². The first kappa shape index (κ1) is 9.00. The molecule has 4 atom stereocenters. The summed E-state index contributed by atoms with van der Waals surface area (Å²) in [5.41, 5.74) is 0. The third kappa shape index (κ3) is 2.04. The Labute approximate surface area is 95.1 Å². The standard InChI is InChI=1S/C8H12S2Se2/c1-5(9-1)7-3-12-8(4-11-7)6-2-10-6/h5-8H,1-4H2. The summed E-state index contributed by atoms with van der Waals surface area (Å²) < 4.78 is 0. The minimum absolute atomic E-state index is 1.03. The Hall–Kier alpha value is 1.74. The number of hydrogen-bond acceptors (Lipinski definition) is 2. The van der Waals surface area contributed by atoms with Crippen molar-refractivity contribution in [1.82, 2.24) is 0 Å². The molecule has 0 nitrogen and oxygen atoms in total. The van der Waals surface area contributed by atoms with Gasteiger partial charge in [-0.25, -0.2) is 0 Å². The van der Waals surface area contributed by atoms with Crippen molar-refractivity contribution < 1.29 is 0 Å². The zero-order valence-electron chi connectivity index (χ0n) is 6.77. The Kier molecular flexibility index (Phi) is 2.79. The van der Waals surface area contributed by atoms with E-state index in [9.17, 15) is 0 Å². The summed E-state index contributed by atoms with van der Waals surface area (Å²) in [5.74, 6) is 3.01. The van der Waals surface area contributed by atoms with E-state index in [4.69, 9.17) is 0 Å². The van der Waals surface area contributed by atoms with Crippen LogP contribution >= 0.6 is 23.5 Å².